The molecular weight excluding hydrogens is 252 g/mol. The van der Waals surface area contributed by atoms with Crippen LogP contribution in [0.2, 0.25) is 0 Å². The van der Waals surface area contributed by atoms with Crippen molar-refractivity contribution in [1.29, 1.82) is 0 Å². The predicted octanol–water partition coefficient (Wildman–Crippen LogP) is 3.22. The SMILES string of the molecule is CC(=O)C[C@@]1(O)C(=O)C=C(C(C)(C)C)C=C1C(C)(C)C. The van der Waals surface area contributed by atoms with Crippen molar-refractivity contribution in [3.8, 4) is 0 Å². The van der Waals surface area contributed by atoms with Gasteiger partial charge in [0.1, 0.15) is 5.78 Å². The van der Waals surface area contributed by atoms with Crippen LogP contribution in [0.15, 0.2) is 23.3 Å². The molecule has 0 bridgehead atoms. The van der Waals surface area contributed by atoms with Gasteiger partial charge in [0.15, 0.2) is 11.4 Å². The maximum Gasteiger partial charge on any atom is 0.192 e. The van der Waals surface area contributed by atoms with Crippen molar-refractivity contribution in [2.75, 3.05) is 0 Å². The van der Waals surface area contributed by atoms with Crippen molar-refractivity contribution >= 4 is 11.6 Å². The zero-order chi connectivity index (χ0) is 15.9. The Bertz CT molecular complexity index is 495. The van der Waals surface area contributed by atoms with Crippen LogP contribution >= 0.6 is 0 Å². The smallest absolute Gasteiger partial charge is 0.192 e. The molecule has 0 fully saturated rings. The van der Waals surface area contributed by atoms with Crippen LogP contribution in [0.25, 0.3) is 0 Å². The predicted molar refractivity (Wildman–Crippen MR) is 80.3 cm³/mol. The Morgan fingerprint density at radius 1 is 1.10 bits per heavy atom. The maximum absolute atomic E-state index is 12.4. The van der Waals surface area contributed by atoms with E-state index >= 15 is 0 Å². The molecule has 0 amide bonds. The largest absolute Gasteiger partial charge is 0.377 e. The van der Waals surface area contributed by atoms with Gasteiger partial charge in [-0.15, -0.1) is 0 Å². The topological polar surface area (TPSA) is 54.4 Å². The number of allylic oxidation sites excluding steroid dienone is 2. The Kier molecular flexibility index (Phi) is 4.17. The van der Waals surface area contributed by atoms with Gasteiger partial charge in [0.05, 0.1) is 0 Å². The lowest BCUT2D eigenvalue weighted by Crippen LogP contribution is -2.47. The third-order valence-electron chi connectivity index (χ3n) is 3.62. The van der Waals surface area contributed by atoms with Gasteiger partial charge in [0.2, 0.25) is 0 Å². The van der Waals surface area contributed by atoms with E-state index < -0.39 is 5.60 Å². The van der Waals surface area contributed by atoms with Gasteiger partial charge in [-0.2, -0.15) is 0 Å². The lowest BCUT2D eigenvalue weighted by Gasteiger charge is -2.40. The molecular formula is C17H26O3. The molecule has 0 spiro atoms. The minimum Gasteiger partial charge on any atom is -0.377 e. The molecule has 0 radical (unpaired) electrons. The highest BCUT2D eigenvalue weighted by Crippen LogP contribution is 2.43. The number of carbonyl (C=O) groups is 2. The highest BCUT2D eigenvalue weighted by Gasteiger charge is 2.46. The Balaban J connectivity index is 3.46. The molecule has 0 aliphatic heterocycles. The third kappa shape index (κ3) is 3.26. The molecule has 0 heterocycles. The maximum atomic E-state index is 12.4. The summed E-state index contributed by atoms with van der Waals surface area (Å²) in [5, 5.41) is 10.8. The fourth-order valence-electron chi connectivity index (χ4n) is 2.52. The third-order valence-corrected chi connectivity index (χ3v) is 3.62. The molecule has 1 aliphatic rings. The zero-order valence-electron chi connectivity index (χ0n) is 13.6. The minimum atomic E-state index is -1.70. The van der Waals surface area contributed by atoms with E-state index in [1.807, 2.05) is 47.6 Å². The van der Waals surface area contributed by atoms with E-state index in [0.717, 1.165) is 5.57 Å². The lowest BCUT2D eigenvalue weighted by atomic mass is 9.66. The molecule has 3 nitrogen and oxygen atoms in total. The molecule has 112 valence electrons. The van der Waals surface area contributed by atoms with Gasteiger partial charge in [-0.1, -0.05) is 47.6 Å². The van der Waals surface area contributed by atoms with Gasteiger partial charge in [-0.25, -0.2) is 0 Å². The quantitative estimate of drug-likeness (QED) is 0.843. The van der Waals surface area contributed by atoms with Crippen molar-refractivity contribution in [3.63, 3.8) is 0 Å². The van der Waals surface area contributed by atoms with E-state index in [1.54, 1.807) is 0 Å². The molecule has 0 aromatic heterocycles. The van der Waals surface area contributed by atoms with Crippen molar-refractivity contribution in [3.05, 3.63) is 23.3 Å². The summed E-state index contributed by atoms with van der Waals surface area (Å²) in [6.45, 7) is 13.3. The first-order chi connectivity index (χ1) is 8.78. The molecule has 0 saturated carbocycles. The second kappa shape index (κ2) is 4.96. The molecule has 1 rings (SSSR count). The van der Waals surface area contributed by atoms with Crippen LogP contribution in [-0.2, 0) is 9.59 Å². The van der Waals surface area contributed by atoms with Crippen molar-refractivity contribution in [2.24, 2.45) is 10.8 Å². The summed E-state index contributed by atoms with van der Waals surface area (Å²) in [5.74, 6) is -0.575. The van der Waals surface area contributed by atoms with Crippen LogP contribution in [0.4, 0.5) is 0 Å². The number of ketones is 2. The zero-order valence-corrected chi connectivity index (χ0v) is 13.6. The van der Waals surface area contributed by atoms with Crippen LogP contribution in [0.1, 0.15) is 54.9 Å². The van der Waals surface area contributed by atoms with Crippen LogP contribution < -0.4 is 0 Å². The van der Waals surface area contributed by atoms with E-state index in [4.69, 9.17) is 0 Å². The molecule has 3 heteroatoms. The van der Waals surface area contributed by atoms with Crippen LogP contribution in [-0.4, -0.2) is 22.3 Å². The van der Waals surface area contributed by atoms with E-state index in [1.165, 1.54) is 13.0 Å². The van der Waals surface area contributed by atoms with Gasteiger partial charge in [0.25, 0.3) is 0 Å². The highest BCUT2D eigenvalue weighted by molar-refractivity contribution is 6.04. The number of hydrogen-bond donors (Lipinski definition) is 1. The van der Waals surface area contributed by atoms with Crippen molar-refractivity contribution in [2.45, 2.75) is 60.5 Å². The van der Waals surface area contributed by atoms with E-state index in [0.29, 0.717) is 5.57 Å². The lowest BCUT2D eigenvalue weighted by molar-refractivity contribution is -0.136. The first-order valence-electron chi connectivity index (χ1n) is 6.99. The summed E-state index contributed by atoms with van der Waals surface area (Å²) >= 11 is 0. The van der Waals surface area contributed by atoms with Gasteiger partial charge in [0, 0.05) is 6.42 Å². The van der Waals surface area contributed by atoms with E-state index in [9.17, 15) is 14.7 Å². The Morgan fingerprint density at radius 3 is 1.95 bits per heavy atom. The van der Waals surface area contributed by atoms with Gasteiger partial charge >= 0.3 is 0 Å². The Hall–Kier alpha value is -1.22. The second-order valence-corrected chi connectivity index (χ2v) is 7.76. The average molecular weight is 278 g/mol. The number of rotatable bonds is 2. The molecule has 20 heavy (non-hydrogen) atoms. The molecule has 0 saturated heterocycles. The minimum absolute atomic E-state index is 0.164. The molecule has 1 N–H and O–H groups in total. The first kappa shape index (κ1) is 16.8. The monoisotopic (exact) mass is 278 g/mol. The van der Waals surface area contributed by atoms with Crippen LogP contribution in [0.3, 0.4) is 0 Å². The summed E-state index contributed by atoms with van der Waals surface area (Å²) in [7, 11) is 0. The van der Waals surface area contributed by atoms with Crippen molar-refractivity contribution in [1.82, 2.24) is 0 Å². The van der Waals surface area contributed by atoms with Crippen molar-refractivity contribution < 1.29 is 14.7 Å². The molecule has 0 aromatic rings. The molecule has 1 atom stereocenters. The van der Waals surface area contributed by atoms with Gasteiger partial charge in [-0.3, -0.25) is 9.59 Å². The first-order valence-corrected chi connectivity index (χ1v) is 6.99. The Labute approximate surface area is 121 Å². The fraction of sp³-hybridized carbons (Fsp3) is 0.647. The number of hydrogen-bond acceptors (Lipinski definition) is 3. The highest BCUT2D eigenvalue weighted by atomic mass is 16.3. The number of Topliss-reactive ketones (excluding diaryl/α,β-unsaturated/α-hetero) is 1. The molecule has 1 aliphatic carbocycles. The molecule has 0 unspecified atom stereocenters. The summed E-state index contributed by atoms with van der Waals surface area (Å²) in [5.41, 5.74) is -0.744. The normalized spacial score (nSPS) is 24.3. The standard InChI is InChI=1S/C17H26O3/c1-11(18)10-17(20)13(16(5,6)7)8-12(9-14(17)19)15(2,3)4/h8-9,20H,10H2,1-7H3/t17-/m0/s1. The Morgan fingerprint density at radius 2 is 1.60 bits per heavy atom. The summed E-state index contributed by atoms with van der Waals surface area (Å²) < 4.78 is 0. The fourth-order valence-corrected chi connectivity index (χ4v) is 2.52. The second-order valence-electron chi connectivity index (χ2n) is 7.76. The average Bonchev–Trinajstić information content (AvgIpc) is 2.17. The summed E-state index contributed by atoms with van der Waals surface area (Å²) in [6.07, 6.45) is 3.21. The summed E-state index contributed by atoms with van der Waals surface area (Å²) in [4.78, 5) is 23.9. The van der Waals surface area contributed by atoms with Gasteiger partial charge < -0.3 is 5.11 Å². The van der Waals surface area contributed by atoms with Crippen LogP contribution in [0.5, 0.6) is 0 Å². The number of carbonyl (C=O) groups excluding carboxylic acids is 2. The van der Waals surface area contributed by atoms with E-state index in [2.05, 4.69) is 0 Å². The van der Waals surface area contributed by atoms with E-state index in [-0.39, 0.29) is 28.8 Å². The van der Waals surface area contributed by atoms with Gasteiger partial charge in [-0.05, 0) is 35.0 Å². The summed E-state index contributed by atoms with van der Waals surface area (Å²) in [6, 6.07) is 0. The molecule has 0 aromatic carbocycles. The number of aliphatic hydroxyl groups is 1. The van der Waals surface area contributed by atoms with Crippen LogP contribution in [0, 0.1) is 10.8 Å².